The molecule has 0 bridgehead atoms. The van der Waals surface area contributed by atoms with Gasteiger partial charge in [-0.3, -0.25) is 4.79 Å². The van der Waals surface area contributed by atoms with E-state index in [2.05, 4.69) is 15.5 Å². The molecule has 0 spiro atoms. The first-order chi connectivity index (χ1) is 11.9. The summed E-state index contributed by atoms with van der Waals surface area (Å²) in [5.41, 5.74) is 0.545. The molecule has 1 aromatic heterocycles. The highest BCUT2D eigenvalue weighted by molar-refractivity contribution is 7.99. The molecule has 134 valence electrons. The van der Waals surface area contributed by atoms with Gasteiger partial charge < -0.3 is 9.73 Å². The zero-order valence-corrected chi connectivity index (χ0v) is 15.5. The Labute approximate surface area is 154 Å². The van der Waals surface area contributed by atoms with Crippen LogP contribution in [0.4, 0.5) is 5.69 Å². The number of aromatic nitrogens is 2. The lowest BCUT2D eigenvalue weighted by Crippen LogP contribution is -2.14. The number of nitrogens with one attached hydrogen (secondary N) is 1. The number of rotatable bonds is 6. The number of sulfone groups is 1. The molecule has 2 aromatic rings. The summed E-state index contributed by atoms with van der Waals surface area (Å²) in [5, 5.41) is 11.3. The van der Waals surface area contributed by atoms with Crippen LogP contribution in [0.1, 0.15) is 12.3 Å². The summed E-state index contributed by atoms with van der Waals surface area (Å²) in [7, 11) is -2.92. The number of anilines is 1. The molecule has 1 aliphatic rings. The molecule has 1 aromatic carbocycles. The lowest BCUT2D eigenvalue weighted by atomic mass is 10.1. The maximum absolute atomic E-state index is 11.9. The number of hydrogen-bond donors (Lipinski definition) is 1. The molecule has 0 saturated carbocycles. The minimum absolute atomic E-state index is 0.0202. The van der Waals surface area contributed by atoms with E-state index in [1.165, 1.54) is 0 Å². The van der Waals surface area contributed by atoms with Gasteiger partial charge in [-0.15, -0.1) is 10.2 Å². The fourth-order valence-corrected chi connectivity index (χ4v) is 5.16. The van der Waals surface area contributed by atoms with Crippen molar-refractivity contribution >= 4 is 44.8 Å². The maximum atomic E-state index is 11.9. The molecule has 25 heavy (non-hydrogen) atoms. The number of carbonyl (C=O) groups is 1. The highest BCUT2D eigenvalue weighted by Gasteiger charge is 2.29. The van der Waals surface area contributed by atoms with Crippen LogP contribution in [-0.4, -0.2) is 41.8 Å². The van der Waals surface area contributed by atoms with Crippen molar-refractivity contribution in [1.29, 1.82) is 0 Å². The number of benzene rings is 1. The third-order valence-corrected chi connectivity index (χ3v) is 6.70. The zero-order chi connectivity index (χ0) is 17.9. The summed E-state index contributed by atoms with van der Waals surface area (Å²) < 4.78 is 28.4. The number of thioether (sulfide) groups is 1. The molecule has 1 fully saturated rings. The first kappa shape index (κ1) is 18.2. The van der Waals surface area contributed by atoms with E-state index >= 15 is 0 Å². The Bertz CT molecular complexity index is 869. The Kier molecular flexibility index (Phi) is 5.65. The van der Waals surface area contributed by atoms with Crippen molar-refractivity contribution < 1.29 is 17.6 Å². The molecule has 10 heteroatoms. The molecule has 0 unspecified atom stereocenters. The number of carbonyl (C=O) groups excluding carboxylic acids is 1. The third-order valence-electron chi connectivity index (χ3n) is 3.71. The predicted octanol–water partition coefficient (Wildman–Crippen LogP) is 2.43. The molecule has 2 heterocycles. The predicted molar refractivity (Wildman–Crippen MR) is 95.6 cm³/mol. The molecule has 7 nitrogen and oxygen atoms in total. The second-order valence-corrected chi connectivity index (χ2v) is 9.31. The van der Waals surface area contributed by atoms with Gasteiger partial charge in [0.05, 0.1) is 28.0 Å². The van der Waals surface area contributed by atoms with Gasteiger partial charge in [-0.25, -0.2) is 8.42 Å². The Morgan fingerprint density at radius 3 is 2.88 bits per heavy atom. The highest BCUT2D eigenvalue weighted by atomic mass is 35.5. The van der Waals surface area contributed by atoms with Gasteiger partial charge in [-0.1, -0.05) is 35.5 Å². The maximum Gasteiger partial charge on any atom is 0.277 e. The van der Waals surface area contributed by atoms with Crippen LogP contribution in [0.2, 0.25) is 5.02 Å². The number of halogens is 1. The molecule has 1 saturated heterocycles. The van der Waals surface area contributed by atoms with Crippen LogP contribution in [0.15, 0.2) is 33.9 Å². The zero-order valence-electron chi connectivity index (χ0n) is 13.1. The van der Waals surface area contributed by atoms with Crippen molar-refractivity contribution in [2.75, 3.05) is 22.6 Å². The standard InChI is InChI=1S/C15H16ClN3O4S2/c16-11-3-1-2-4-12(11)17-13(20)8-24-15-19-18-14(23-15)7-10-5-6-25(21,22)9-10/h1-4,10H,5-9H2,(H,17,20)/t10-/m0/s1. The lowest BCUT2D eigenvalue weighted by Gasteiger charge is -2.05. The van der Waals surface area contributed by atoms with Crippen molar-refractivity contribution in [3.63, 3.8) is 0 Å². The van der Waals surface area contributed by atoms with Crippen molar-refractivity contribution in [3.8, 4) is 0 Å². The average Bonchev–Trinajstić information content (AvgIpc) is 3.14. The van der Waals surface area contributed by atoms with E-state index in [1.54, 1.807) is 24.3 Å². The van der Waals surface area contributed by atoms with Gasteiger partial charge in [-0.05, 0) is 24.5 Å². The Balaban J connectivity index is 1.48. The first-order valence-electron chi connectivity index (χ1n) is 7.61. The van der Waals surface area contributed by atoms with E-state index in [0.29, 0.717) is 29.4 Å². The van der Waals surface area contributed by atoms with Gasteiger partial charge in [0, 0.05) is 6.42 Å². The van der Waals surface area contributed by atoms with Crippen molar-refractivity contribution in [1.82, 2.24) is 10.2 Å². The van der Waals surface area contributed by atoms with E-state index < -0.39 is 9.84 Å². The number of para-hydroxylation sites is 1. The number of hydrogen-bond acceptors (Lipinski definition) is 7. The summed E-state index contributed by atoms with van der Waals surface area (Å²) in [4.78, 5) is 11.9. The molecule has 0 aliphatic carbocycles. The fraction of sp³-hybridized carbons (Fsp3) is 0.400. The van der Waals surface area contributed by atoms with Gasteiger partial charge in [-0.2, -0.15) is 0 Å². The van der Waals surface area contributed by atoms with Gasteiger partial charge >= 0.3 is 0 Å². The van der Waals surface area contributed by atoms with E-state index in [4.69, 9.17) is 16.0 Å². The van der Waals surface area contributed by atoms with Crippen molar-refractivity contribution in [3.05, 3.63) is 35.2 Å². The summed E-state index contributed by atoms with van der Waals surface area (Å²) in [6.07, 6.45) is 1.06. The van der Waals surface area contributed by atoms with Crippen LogP contribution in [0.3, 0.4) is 0 Å². The molecule has 3 rings (SSSR count). The van der Waals surface area contributed by atoms with E-state index in [0.717, 1.165) is 11.8 Å². The van der Waals surface area contributed by atoms with E-state index in [1.807, 2.05) is 0 Å². The van der Waals surface area contributed by atoms with Crippen LogP contribution in [0, 0.1) is 5.92 Å². The second-order valence-electron chi connectivity index (χ2n) is 5.75. The highest BCUT2D eigenvalue weighted by Crippen LogP contribution is 2.24. The minimum atomic E-state index is -2.92. The fourth-order valence-electron chi connectivity index (χ4n) is 2.54. The normalized spacial score (nSPS) is 19.0. The van der Waals surface area contributed by atoms with Gasteiger partial charge in [0.25, 0.3) is 5.22 Å². The Morgan fingerprint density at radius 1 is 1.36 bits per heavy atom. The molecule has 1 aliphatic heterocycles. The molecule has 1 atom stereocenters. The summed E-state index contributed by atoms with van der Waals surface area (Å²) in [6.45, 7) is 0. The largest absolute Gasteiger partial charge is 0.416 e. The molecule has 0 radical (unpaired) electrons. The minimum Gasteiger partial charge on any atom is -0.416 e. The van der Waals surface area contributed by atoms with Gasteiger partial charge in [0.15, 0.2) is 9.84 Å². The van der Waals surface area contributed by atoms with E-state index in [9.17, 15) is 13.2 Å². The second kappa shape index (κ2) is 7.76. The lowest BCUT2D eigenvalue weighted by molar-refractivity contribution is -0.113. The van der Waals surface area contributed by atoms with Gasteiger partial charge in [0.1, 0.15) is 0 Å². The Morgan fingerprint density at radius 2 is 2.16 bits per heavy atom. The Hall–Kier alpha value is -1.58. The smallest absolute Gasteiger partial charge is 0.277 e. The molecule has 1 amide bonds. The SMILES string of the molecule is O=C(CSc1nnc(C[C@@H]2CCS(=O)(=O)C2)o1)Nc1ccccc1Cl. The molecular weight excluding hydrogens is 386 g/mol. The monoisotopic (exact) mass is 401 g/mol. The van der Waals surface area contributed by atoms with Crippen LogP contribution in [-0.2, 0) is 21.1 Å². The first-order valence-corrected chi connectivity index (χ1v) is 10.8. The quantitative estimate of drug-likeness (QED) is 0.741. The summed E-state index contributed by atoms with van der Waals surface area (Å²) >= 11 is 7.10. The average molecular weight is 402 g/mol. The van der Waals surface area contributed by atoms with Gasteiger partial charge in [0.2, 0.25) is 11.8 Å². The van der Waals surface area contributed by atoms with Crippen molar-refractivity contribution in [2.45, 2.75) is 18.1 Å². The summed E-state index contributed by atoms with van der Waals surface area (Å²) in [5.74, 6) is 0.668. The van der Waals surface area contributed by atoms with Crippen LogP contribution in [0.5, 0.6) is 0 Å². The van der Waals surface area contributed by atoms with Crippen LogP contribution in [0.25, 0.3) is 0 Å². The molecular formula is C15H16ClN3O4S2. The number of nitrogens with zero attached hydrogens (tertiary/aromatic N) is 2. The topological polar surface area (TPSA) is 102 Å². The van der Waals surface area contributed by atoms with E-state index in [-0.39, 0.29) is 34.3 Å². The van der Waals surface area contributed by atoms with Crippen LogP contribution >= 0.6 is 23.4 Å². The molecule has 1 N–H and O–H groups in total. The van der Waals surface area contributed by atoms with Crippen LogP contribution < -0.4 is 5.32 Å². The summed E-state index contributed by atoms with van der Waals surface area (Å²) in [6, 6.07) is 6.97. The number of amides is 1. The third kappa shape index (κ3) is 5.20. The van der Waals surface area contributed by atoms with Crippen molar-refractivity contribution in [2.24, 2.45) is 5.92 Å².